The van der Waals surface area contributed by atoms with Crippen molar-refractivity contribution in [3.63, 3.8) is 0 Å². The molecule has 0 radical (unpaired) electrons. The van der Waals surface area contributed by atoms with Crippen LogP contribution >= 0.6 is 11.3 Å². The topological polar surface area (TPSA) is 102 Å². The third kappa shape index (κ3) is 5.64. The van der Waals surface area contributed by atoms with Crippen molar-refractivity contribution in [2.24, 2.45) is 17.8 Å². The number of hydrogen-bond donors (Lipinski definition) is 2. The van der Waals surface area contributed by atoms with E-state index in [-0.39, 0.29) is 30.1 Å². The molecule has 0 aliphatic heterocycles. The van der Waals surface area contributed by atoms with Gasteiger partial charge in [0.15, 0.2) is 12.4 Å². The van der Waals surface area contributed by atoms with Gasteiger partial charge in [-0.1, -0.05) is 29.8 Å². The van der Waals surface area contributed by atoms with Crippen molar-refractivity contribution in [2.45, 2.75) is 51.9 Å². The lowest BCUT2D eigenvalue weighted by Gasteiger charge is -2.21. The highest BCUT2D eigenvalue weighted by Crippen LogP contribution is 2.41. The number of benzene rings is 1. The number of rotatable bonds is 9. The molecule has 5 rings (SSSR count). The SMILES string of the molecule is Cc1ccc(C(=O)COC(=O)C2CCc3sc(NC(=O)C4CC4)c(C(=O)NCC4CC4)c3C2)cc1. The number of esters is 1. The molecule has 35 heavy (non-hydrogen) atoms. The summed E-state index contributed by atoms with van der Waals surface area (Å²) < 4.78 is 5.39. The van der Waals surface area contributed by atoms with Crippen LogP contribution in [0.4, 0.5) is 5.00 Å². The van der Waals surface area contributed by atoms with Gasteiger partial charge in [0.25, 0.3) is 5.91 Å². The minimum Gasteiger partial charge on any atom is -0.457 e. The van der Waals surface area contributed by atoms with Gasteiger partial charge in [0.05, 0.1) is 11.5 Å². The van der Waals surface area contributed by atoms with Crippen LogP contribution in [0, 0.1) is 24.7 Å². The molecule has 1 aromatic heterocycles. The maximum Gasteiger partial charge on any atom is 0.309 e. The number of amides is 2. The van der Waals surface area contributed by atoms with Crippen molar-refractivity contribution >= 4 is 39.9 Å². The number of Topliss-reactive ketones (excluding diaryl/α,β-unsaturated/α-hetero) is 1. The first-order valence-corrected chi connectivity index (χ1v) is 13.2. The van der Waals surface area contributed by atoms with Crippen LogP contribution in [0.2, 0.25) is 0 Å². The van der Waals surface area contributed by atoms with Gasteiger partial charge in [-0.3, -0.25) is 19.2 Å². The van der Waals surface area contributed by atoms with Crippen molar-refractivity contribution in [3.05, 3.63) is 51.4 Å². The molecule has 1 atom stereocenters. The summed E-state index contributed by atoms with van der Waals surface area (Å²) in [7, 11) is 0. The number of ketones is 1. The van der Waals surface area contributed by atoms with E-state index in [1.165, 1.54) is 11.3 Å². The summed E-state index contributed by atoms with van der Waals surface area (Å²) in [6.07, 6.45) is 5.61. The van der Waals surface area contributed by atoms with Crippen LogP contribution < -0.4 is 10.6 Å². The Morgan fingerprint density at radius 3 is 2.43 bits per heavy atom. The quantitative estimate of drug-likeness (QED) is 0.404. The van der Waals surface area contributed by atoms with Gasteiger partial charge in [-0.15, -0.1) is 11.3 Å². The van der Waals surface area contributed by atoms with Gasteiger partial charge in [0, 0.05) is 22.9 Å². The lowest BCUT2D eigenvalue weighted by molar-refractivity contribution is -0.147. The second-order valence-corrected chi connectivity index (χ2v) is 11.1. The van der Waals surface area contributed by atoms with Crippen molar-refractivity contribution in [2.75, 3.05) is 18.5 Å². The Bertz CT molecular complexity index is 1160. The molecule has 8 heteroatoms. The standard InChI is InChI=1S/C27H30N2O5S/c1-15-2-6-17(7-3-15)21(30)14-34-27(33)19-10-11-22-20(12-19)23(25(32)28-13-16-4-5-16)26(35-22)29-24(31)18-8-9-18/h2-3,6-7,16,18-19H,4-5,8-14H2,1H3,(H,28,32)(H,29,31). The van der Waals surface area contributed by atoms with Crippen LogP contribution in [-0.4, -0.2) is 36.7 Å². The lowest BCUT2D eigenvalue weighted by Crippen LogP contribution is -2.30. The maximum absolute atomic E-state index is 13.2. The normalized spacial score (nSPS) is 18.9. The molecule has 2 fully saturated rings. The highest BCUT2D eigenvalue weighted by molar-refractivity contribution is 7.17. The number of nitrogens with one attached hydrogen (secondary N) is 2. The summed E-state index contributed by atoms with van der Waals surface area (Å²) in [6.45, 7) is 2.28. The molecule has 0 spiro atoms. The van der Waals surface area contributed by atoms with Crippen molar-refractivity contribution in [1.29, 1.82) is 0 Å². The van der Waals surface area contributed by atoms with Crippen LogP contribution in [0.5, 0.6) is 0 Å². The number of aryl methyl sites for hydroxylation is 2. The van der Waals surface area contributed by atoms with Crippen LogP contribution in [0.15, 0.2) is 24.3 Å². The minimum atomic E-state index is -0.426. The van der Waals surface area contributed by atoms with Gasteiger partial charge < -0.3 is 15.4 Å². The molecular weight excluding hydrogens is 464 g/mol. The highest BCUT2D eigenvalue weighted by atomic mass is 32.1. The van der Waals surface area contributed by atoms with E-state index < -0.39 is 11.9 Å². The van der Waals surface area contributed by atoms with E-state index in [0.29, 0.717) is 47.9 Å². The first-order valence-electron chi connectivity index (χ1n) is 12.4. The average Bonchev–Trinajstić information content (AvgIpc) is 3.77. The molecule has 2 amide bonds. The fourth-order valence-electron chi connectivity index (χ4n) is 4.40. The van der Waals surface area contributed by atoms with Crippen LogP contribution in [0.3, 0.4) is 0 Å². The van der Waals surface area contributed by atoms with E-state index in [4.69, 9.17) is 4.74 Å². The summed E-state index contributed by atoms with van der Waals surface area (Å²) in [5.74, 6) is -0.748. The predicted octanol–water partition coefficient (Wildman–Crippen LogP) is 4.08. The zero-order chi connectivity index (χ0) is 24.5. The van der Waals surface area contributed by atoms with Gasteiger partial charge in [-0.25, -0.2) is 0 Å². The smallest absolute Gasteiger partial charge is 0.309 e. The van der Waals surface area contributed by atoms with E-state index >= 15 is 0 Å². The molecule has 3 aliphatic carbocycles. The van der Waals surface area contributed by atoms with Crippen LogP contribution in [-0.2, 0) is 27.2 Å². The monoisotopic (exact) mass is 494 g/mol. The number of anilines is 1. The third-order valence-corrected chi connectivity index (χ3v) is 8.18. The lowest BCUT2D eigenvalue weighted by atomic mass is 9.86. The molecule has 2 aromatic rings. The number of carbonyl (C=O) groups excluding carboxylic acids is 4. The Hall–Kier alpha value is -3.00. The number of ether oxygens (including phenoxy) is 1. The molecule has 184 valence electrons. The maximum atomic E-state index is 13.2. The van der Waals surface area contributed by atoms with Gasteiger partial charge >= 0.3 is 5.97 Å². The van der Waals surface area contributed by atoms with Gasteiger partial charge in [-0.2, -0.15) is 0 Å². The van der Waals surface area contributed by atoms with E-state index in [1.807, 2.05) is 19.1 Å². The Labute approximate surface area is 208 Å². The first kappa shape index (κ1) is 23.7. The third-order valence-electron chi connectivity index (χ3n) is 6.97. The highest BCUT2D eigenvalue weighted by Gasteiger charge is 2.36. The second-order valence-electron chi connectivity index (χ2n) is 9.96. The molecule has 0 saturated heterocycles. The van der Waals surface area contributed by atoms with Gasteiger partial charge in [0.1, 0.15) is 5.00 Å². The zero-order valence-corrected chi connectivity index (χ0v) is 20.7. The van der Waals surface area contributed by atoms with E-state index in [1.54, 1.807) is 12.1 Å². The summed E-state index contributed by atoms with van der Waals surface area (Å²) in [5, 5.41) is 6.58. The molecule has 7 nitrogen and oxygen atoms in total. The molecule has 3 aliphatic rings. The fourth-order valence-corrected chi connectivity index (χ4v) is 5.64. The Morgan fingerprint density at radius 2 is 1.74 bits per heavy atom. The molecule has 1 heterocycles. The largest absolute Gasteiger partial charge is 0.457 e. The molecule has 2 saturated carbocycles. The summed E-state index contributed by atoms with van der Waals surface area (Å²) in [4.78, 5) is 51.9. The van der Waals surface area contributed by atoms with Crippen LogP contribution in [0.25, 0.3) is 0 Å². The van der Waals surface area contributed by atoms with Crippen molar-refractivity contribution in [1.82, 2.24) is 5.32 Å². The molecule has 0 bridgehead atoms. The Kier molecular flexibility index (Phi) is 6.73. The van der Waals surface area contributed by atoms with E-state index in [0.717, 1.165) is 41.7 Å². The molecule has 1 unspecified atom stereocenters. The fraction of sp³-hybridized carbons (Fsp3) is 0.481. The molecule has 1 aromatic carbocycles. The van der Waals surface area contributed by atoms with Gasteiger partial charge in [-0.05, 0) is 63.4 Å². The Morgan fingerprint density at radius 1 is 1.00 bits per heavy atom. The van der Waals surface area contributed by atoms with E-state index in [9.17, 15) is 19.2 Å². The molecule has 2 N–H and O–H groups in total. The number of fused-ring (bicyclic) bond motifs is 1. The summed E-state index contributed by atoms with van der Waals surface area (Å²) in [6, 6.07) is 7.16. The number of thiophene rings is 1. The Balaban J connectivity index is 1.27. The van der Waals surface area contributed by atoms with Crippen LogP contribution in [0.1, 0.15) is 68.8 Å². The first-order chi connectivity index (χ1) is 16.9. The van der Waals surface area contributed by atoms with Gasteiger partial charge in [0.2, 0.25) is 5.91 Å². The summed E-state index contributed by atoms with van der Waals surface area (Å²) >= 11 is 1.45. The molecular formula is C27H30N2O5S. The number of hydrogen-bond acceptors (Lipinski definition) is 6. The van der Waals surface area contributed by atoms with E-state index in [2.05, 4.69) is 10.6 Å². The van der Waals surface area contributed by atoms with Crippen molar-refractivity contribution in [3.8, 4) is 0 Å². The second kappa shape index (κ2) is 9.93. The van der Waals surface area contributed by atoms with Crippen molar-refractivity contribution < 1.29 is 23.9 Å². The number of carbonyl (C=O) groups is 4. The predicted molar refractivity (Wildman–Crippen MR) is 133 cm³/mol. The minimum absolute atomic E-state index is 0.0327. The summed E-state index contributed by atoms with van der Waals surface area (Å²) in [5.41, 5.74) is 2.88. The zero-order valence-electron chi connectivity index (χ0n) is 19.9. The average molecular weight is 495 g/mol.